The molecule has 0 amide bonds. The minimum atomic E-state index is 0.157. The Balaban J connectivity index is 3.01. The molecule has 1 aliphatic carbocycles. The van der Waals surface area contributed by atoms with Crippen molar-refractivity contribution in [1.29, 1.82) is 0 Å². The molecule has 0 aromatic heterocycles. The molecule has 0 fully saturated rings. The van der Waals surface area contributed by atoms with E-state index >= 15 is 0 Å². The SMILES string of the molecule is CC1=CC(=O)CC(C)=C1N. The molecule has 0 radical (unpaired) electrons. The Kier molecular flexibility index (Phi) is 1.62. The summed E-state index contributed by atoms with van der Waals surface area (Å²) in [5, 5.41) is 0. The van der Waals surface area contributed by atoms with Gasteiger partial charge in [-0.15, -0.1) is 0 Å². The van der Waals surface area contributed by atoms with Crippen LogP contribution in [0.3, 0.4) is 0 Å². The number of allylic oxidation sites excluding steroid dienone is 3. The zero-order chi connectivity index (χ0) is 7.72. The van der Waals surface area contributed by atoms with Crippen LogP contribution < -0.4 is 5.73 Å². The van der Waals surface area contributed by atoms with E-state index in [1.807, 2.05) is 13.8 Å². The van der Waals surface area contributed by atoms with Gasteiger partial charge < -0.3 is 5.73 Å². The van der Waals surface area contributed by atoms with Gasteiger partial charge in [0.25, 0.3) is 0 Å². The number of carbonyl (C=O) groups is 1. The fourth-order valence-electron chi connectivity index (χ4n) is 1.06. The molecular formula is C8H11NO. The first-order valence-electron chi connectivity index (χ1n) is 3.28. The van der Waals surface area contributed by atoms with Crippen LogP contribution in [0.1, 0.15) is 20.3 Å². The van der Waals surface area contributed by atoms with E-state index in [0.717, 1.165) is 16.8 Å². The maximum absolute atomic E-state index is 10.9. The van der Waals surface area contributed by atoms with Crippen molar-refractivity contribution < 1.29 is 4.79 Å². The van der Waals surface area contributed by atoms with Gasteiger partial charge in [0, 0.05) is 12.1 Å². The van der Waals surface area contributed by atoms with Crippen LogP contribution in [0.25, 0.3) is 0 Å². The van der Waals surface area contributed by atoms with Crippen molar-refractivity contribution in [3.8, 4) is 0 Å². The van der Waals surface area contributed by atoms with Gasteiger partial charge in [0.05, 0.1) is 0 Å². The predicted octanol–water partition coefficient (Wildman–Crippen LogP) is 1.14. The third kappa shape index (κ3) is 1.10. The molecule has 0 aliphatic heterocycles. The van der Waals surface area contributed by atoms with Crippen molar-refractivity contribution >= 4 is 5.78 Å². The lowest BCUT2D eigenvalue weighted by molar-refractivity contribution is -0.114. The summed E-state index contributed by atoms with van der Waals surface area (Å²) < 4.78 is 0. The zero-order valence-electron chi connectivity index (χ0n) is 6.27. The van der Waals surface area contributed by atoms with E-state index in [2.05, 4.69) is 0 Å². The van der Waals surface area contributed by atoms with Crippen molar-refractivity contribution in [1.82, 2.24) is 0 Å². The van der Waals surface area contributed by atoms with Crippen LogP contribution in [-0.2, 0) is 4.79 Å². The Labute approximate surface area is 60.4 Å². The van der Waals surface area contributed by atoms with E-state index in [4.69, 9.17) is 5.73 Å². The number of nitrogens with two attached hydrogens (primary N) is 1. The van der Waals surface area contributed by atoms with Crippen LogP contribution in [0.15, 0.2) is 22.9 Å². The van der Waals surface area contributed by atoms with Crippen molar-refractivity contribution in [2.75, 3.05) is 0 Å². The van der Waals surface area contributed by atoms with Crippen LogP contribution in [0.4, 0.5) is 0 Å². The molecule has 2 heteroatoms. The zero-order valence-corrected chi connectivity index (χ0v) is 6.27. The third-order valence-corrected chi connectivity index (χ3v) is 1.70. The third-order valence-electron chi connectivity index (χ3n) is 1.70. The number of rotatable bonds is 0. The normalized spacial score (nSPS) is 19.4. The molecular weight excluding hydrogens is 126 g/mol. The minimum absolute atomic E-state index is 0.157. The van der Waals surface area contributed by atoms with E-state index in [0.29, 0.717) is 6.42 Å². The van der Waals surface area contributed by atoms with Crippen molar-refractivity contribution in [2.24, 2.45) is 5.73 Å². The topological polar surface area (TPSA) is 43.1 Å². The average Bonchev–Trinajstić information content (AvgIpc) is 1.82. The van der Waals surface area contributed by atoms with Gasteiger partial charge in [-0.3, -0.25) is 4.79 Å². The Morgan fingerprint density at radius 2 is 2.10 bits per heavy atom. The highest BCUT2D eigenvalue weighted by Crippen LogP contribution is 2.17. The molecule has 0 saturated heterocycles. The van der Waals surface area contributed by atoms with Crippen LogP contribution in [0.2, 0.25) is 0 Å². The quantitative estimate of drug-likeness (QED) is 0.544. The summed E-state index contributed by atoms with van der Waals surface area (Å²) in [5.74, 6) is 0.157. The van der Waals surface area contributed by atoms with Crippen molar-refractivity contribution in [2.45, 2.75) is 20.3 Å². The maximum Gasteiger partial charge on any atom is 0.160 e. The summed E-state index contributed by atoms with van der Waals surface area (Å²) >= 11 is 0. The van der Waals surface area contributed by atoms with Gasteiger partial charge in [0.1, 0.15) is 0 Å². The van der Waals surface area contributed by atoms with Gasteiger partial charge in [-0.1, -0.05) is 0 Å². The summed E-state index contributed by atoms with van der Waals surface area (Å²) in [4.78, 5) is 10.9. The molecule has 0 aromatic carbocycles. The molecule has 1 rings (SSSR count). The van der Waals surface area contributed by atoms with E-state index in [1.165, 1.54) is 0 Å². The molecule has 10 heavy (non-hydrogen) atoms. The van der Waals surface area contributed by atoms with Crippen LogP contribution in [-0.4, -0.2) is 5.78 Å². The Morgan fingerprint density at radius 1 is 1.50 bits per heavy atom. The van der Waals surface area contributed by atoms with Crippen molar-refractivity contribution in [3.63, 3.8) is 0 Å². The van der Waals surface area contributed by atoms with Gasteiger partial charge in [-0.2, -0.15) is 0 Å². The van der Waals surface area contributed by atoms with Gasteiger partial charge in [-0.25, -0.2) is 0 Å². The van der Waals surface area contributed by atoms with Gasteiger partial charge in [-0.05, 0) is 31.1 Å². The molecule has 0 aromatic rings. The molecule has 0 bridgehead atoms. The monoisotopic (exact) mass is 137 g/mol. The minimum Gasteiger partial charge on any atom is -0.399 e. The first-order chi connectivity index (χ1) is 4.61. The Hall–Kier alpha value is -1.05. The lowest BCUT2D eigenvalue weighted by Crippen LogP contribution is -2.11. The molecule has 0 spiro atoms. The number of ketones is 1. The van der Waals surface area contributed by atoms with Gasteiger partial charge >= 0.3 is 0 Å². The first kappa shape index (κ1) is 7.06. The summed E-state index contributed by atoms with van der Waals surface area (Å²) in [6.45, 7) is 3.75. The first-order valence-corrected chi connectivity index (χ1v) is 3.28. The molecule has 0 atom stereocenters. The van der Waals surface area contributed by atoms with Gasteiger partial charge in [0.2, 0.25) is 0 Å². The van der Waals surface area contributed by atoms with Crippen molar-refractivity contribution in [3.05, 3.63) is 22.9 Å². The molecule has 2 N–H and O–H groups in total. The summed E-state index contributed by atoms with van der Waals surface area (Å²) in [7, 11) is 0. The summed E-state index contributed by atoms with van der Waals surface area (Å²) in [5.41, 5.74) is 8.31. The average molecular weight is 137 g/mol. The van der Waals surface area contributed by atoms with E-state index in [-0.39, 0.29) is 5.78 Å². The Bertz CT molecular complexity index is 230. The maximum atomic E-state index is 10.9. The molecule has 0 saturated carbocycles. The van der Waals surface area contributed by atoms with E-state index in [9.17, 15) is 4.79 Å². The fraction of sp³-hybridized carbons (Fsp3) is 0.375. The molecule has 0 unspecified atom stereocenters. The highest BCUT2D eigenvalue weighted by molar-refractivity contribution is 5.94. The largest absolute Gasteiger partial charge is 0.399 e. The number of hydrogen-bond donors (Lipinski definition) is 1. The van der Waals surface area contributed by atoms with Crippen LogP contribution in [0, 0.1) is 0 Å². The smallest absolute Gasteiger partial charge is 0.160 e. The van der Waals surface area contributed by atoms with Crippen LogP contribution >= 0.6 is 0 Å². The highest BCUT2D eigenvalue weighted by Gasteiger charge is 2.11. The second-order valence-corrected chi connectivity index (χ2v) is 2.66. The lowest BCUT2D eigenvalue weighted by atomic mass is 9.98. The second-order valence-electron chi connectivity index (χ2n) is 2.66. The standard InChI is InChI=1S/C8H11NO/c1-5-3-7(10)4-6(2)8(5)9/h3H,4,9H2,1-2H3. The molecule has 0 heterocycles. The summed E-state index contributed by atoms with van der Waals surface area (Å²) in [6.07, 6.45) is 2.09. The van der Waals surface area contributed by atoms with E-state index < -0.39 is 0 Å². The second kappa shape index (κ2) is 2.29. The van der Waals surface area contributed by atoms with E-state index in [1.54, 1.807) is 6.08 Å². The summed E-state index contributed by atoms with van der Waals surface area (Å²) in [6, 6.07) is 0. The highest BCUT2D eigenvalue weighted by atomic mass is 16.1. The number of hydrogen-bond acceptors (Lipinski definition) is 2. The van der Waals surface area contributed by atoms with Gasteiger partial charge in [0.15, 0.2) is 5.78 Å². The number of carbonyl (C=O) groups excluding carboxylic acids is 1. The molecule has 2 nitrogen and oxygen atoms in total. The molecule has 1 aliphatic rings. The molecule has 54 valence electrons. The predicted molar refractivity (Wildman–Crippen MR) is 40.3 cm³/mol. The Morgan fingerprint density at radius 3 is 2.60 bits per heavy atom. The fourth-order valence-corrected chi connectivity index (χ4v) is 1.06. The van der Waals surface area contributed by atoms with Crippen LogP contribution in [0.5, 0.6) is 0 Å². The lowest BCUT2D eigenvalue weighted by Gasteiger charge is -2.11.